The van der Waals surface area contributed by atoms with Crippen LogP contribution in [-0.4, -0.2) is 0 Å². The van der Waals surface area contributed by atoms with Crippen molar-refractivity contribution in [3.63, 3.8) is 0 Å². The fraction of sp³-hybridized carbons (Fsp3) is 0.692. The summed E-state index contributed by atoms with van der Waals surface area (Å²) >= 11 is 0. The lowest BCUT2D eigenvalue weighted by Gasteiger charge is -2.19. The van der Waals surface area contributed by atoms with Crippen molar-refractivity contribution in [2.45, 2.75) is 58.8 Å². The van der Waals surface area contributed by atoms with Gasteiger partial charge in [0.05, 0.1) is 0 Å². The average molecular weight is 178 g/mol. The van der Waals surface area contributed by atoms with Crippen LogP contribution in [0.4, 0.5) is 0 Å². The summed E-state index contributed by atoms with van der Waals surface area (Å²) in [5.41, 5.74) is 4.62. The molecule has 0 aromatic rings. The summed E-state index contributed by atoms with van der Waals surface area (Å²) in [7, 11) is 0. The summed E-state index contributed by atoms with van der Waals surface area (Å²) in [6.45, 7) is 8.72. The van der Waals surface area contributed by atoms with Crippen molar-refractivity contribution in [3.05, 3.63) is 23.3 Å². The zero-order chi connectivity index (χ0) is 9.68. The maximum absolute atomic E-state index is 4.17. The fourth-order valence-electron chi connectivity index (χ4n) is 2.08. The van der Waals surface area contributed by atoms with Crippen LogP contribution < -0.4 is 0 Å². The molecule has 0 aromatic carbocycles. The topological polar surface area (TPSA) is 0 Å². The van der Waals surface area contributed by atoms with E-state index in [0.717, 1.165) is 0 Å². The molecular formula is C13H22. The van der Waals surface area contributed by atoms with Gasteiger partial charge in [-0.3, -0.25) is 0 Å². The van der Waals surface area contributed by atoms with Crippen LogP contribution in [0.5, 0.6) is 0 Å². The summed E-state index contributed by atoms with van der Waals surface area (Å²) in [5, 5.41) is 0. The second-order valence-electron chi connectivity index (χ2n) is 4.17. The lowest BCUT2D eigenvalue weighted by atomic mass is 9.86. The molecule has 0 spiro atoms. The summed E-state index contributed by atoms with van der Waals surface area (Å²) in [5.74, 6) is 0. The summed E-state index contributed by atoms with van der Waals surface area (Å²) < 4.78 is 0. The lowest BCUT2D eigenvalue weighted by Crippen LogP contribution is -2.00. The van der Waals surface area contributed by atoms with Gasteiger partial charge in [-0.1, -0.05) is 31.1 Å². The molecule has 0 unspecified atom stereocenters. The highest BCUT2D eigenvalue weighted by Crippen LogP contribution is 2.31. The molecule has 0 amide bonds. The Morgan fingerprint density at radius 1 is 1.31 bits per heavy atom. The van der Waals surface area contributed by atoms with E-state index in [1.54, 1.807) is 11.1 Å². The van der Waals surface area contributed by atoms with Gasteiger partial charge in [0.15, 0.2) is 0 Å². The summed E-state index contributed by atoms with van der Waals surface area (Å²) in [6.07, 6.45) is 9.17. The molecule has 0 radical (unpaired) electrons. The largest absolute Gasteiger partial charge is 0.0956 e. The Balaban J connectivity index is 2.58. The van der Waals surface area contributed by atoms with Crippen molar-refractivity contribution < 1.29 is 0 Å². The number of unbranched alkanes of at least 4 members (excludes halogenated alkanes) is 1. The molecule has 0 heterocycles. The minimum atomic E-state index is 1.23. The average Bonchev–Trinajstić information content (AvgIpc) is 2.15. The minimum absolute atomic E-state index is 1.23. The first-order chi connectivity index (χ1) is 6.25. The maximum Gasteiger partial charge on any atom is -0.0277 e. The zero-order valence-corrected chi connectivity index (χ0v) is 9.16. The van der Waals surface area contributed by atoms with Crippen molar-refractivity contribution in [1.82, 2.24) is 0 Å². The van der Waals surface area contributed by atoms with Gasteiger partial charge >= 0.3 is 0 Å². The quantitative estimate of drug-likeness (QED) is 0.591. The number of allylic oxidation sites excluding steroid dienone is 3. The van der Waals surface area contributed by atoms with Crippen LogP contribution in [0.2, 0.25) is 0 Å². The van der Waals surface area contributed by atoms with Crippen molar-refractivity contribution in [3.8, 4) is 0 Å². The van der Waals surface area contributed by atoms with Crippen molar-refractivity contribution in [2.75, 3.05) is 0 Å². The number of hydrogen-bond acceptors (Lipinski definition) is 0. The van der Waals surface area contributed by atoms with Crippen LogP contribution in [0.25, 0.3) is 0 Å². The molecule has 0 aliphatic heterocycles. The van der Waals surface area contributed by atoms with Crippen LogP contribution in [0, 0.1) is 0 Å². The molecule has 1 aliphatic rings. The third-order valence-corrected chi connectivity index (χ3v) is 3.00. The van der Waals surface area contributed by atoms with Gasteiger partial charge in [-0.25, -0.2) is 0 Å². The van der Waals surface area contributed by atoms with E-state index in [1.807, 2.05) is 0 Å². The van der Waals surface area contributed by atoms with Gasteiger partial charge in [-0.2, -0.15) is 0 Å². The Kier molecular flexibility index (Phi) is 4.27. The Morgan fingerprint density at radius 2 is 2.00 bits per heavy atom. The Bertz CT molecular complexity index is 208. The van der Waals surface area contributed by atoms with Crippen LogP contribution in [0.15, 0.2) is 23.3 Å². The van der Waals surface area contributed by atoms with Crippen molar-refractivity contribution in [1.29, 1.82) is 0 Å². The van der Waals surface area contributed by atoms with E-state index >= 15 is 0 Å². The lowest BCUT2D eigenvalue weighted by molar-refractivity contribution is 0.665. The Hall–Kier alpha value is -0.520. The van der Waals surface area contributed by atoms with Gasteiger partial charge in [-0.05, 0) is 51.0 Å². The van der Waals surface area contributed by atoms with E-state index in [2.05, 4.69) is 20.4 Å². The second-order valence-corrected chi connectivity index (χ2v) is 4.17. The molecule has 1 aliphatic carbocycles. The van der Waals surface area contributed by atoms with E-state index in [-0.39, 0.29) is 0 Å². The third-order valence-electron chi connectivity index (χ3n) is 3.00. The maximum atomic E-state index is 4.17. The highest BCUT2D eigenvalue weighted by molar-refractivity contribution is 5.34. The van der Waals surface area contributed by atoms with E-state index in [4.69, 9.17) is 0 Å². The molecule has 1 fully saturated rings. The van der Waals surface area contributed by atoms with Crippen molar-refractivity contribution in [2.24, 2.45) is 0 Å². The third kappa shape index (κ3) is 3.02. The first-order valence-electron chi connectivity index (χ1n) is 5.62. The van der Waals surface area contributed by atoms with Gasteiger partial charge in [0.2, 0.25) is 0 Å². The first kappa shape index (κ1) is 10.6. The molecule has 0 bridgehead atoms. The number of hydrogen-bond donors (Lipinski definition) is 0. The van der Waals surface area contributed by atoms with E-state index < -0.39 is 0 Å². The highest BCUT2D eigenvalue weighted by Gasteiger charge is 2.11. The molecular weight excluding hydrogens is 156 g/mol. The molecule has 0 saturated heterocycles. The van der Waals surface area contributed by atoms with Crippen LogP contribution in [0.1, 0.15) is 58.8 Å². The van der Waals surface area contributed by atoms with E-state index in [9.17, 15) is 0 Å². The smallest absolute Gasteiger partial charge is 0.0277 e. The molecule has 0 N–H and O–H groups in total. The SMILES string of the molecule is C=C1CCCC/C1=C(/C)CCCC. The molecule has 0 nitrogen and oxygen atoms in total. The molecule has 0 atom stereocenters. The minimum Gasteiger partial charge on any atom is -0.0956 e. The predicted octanol–water partition coefficient (Wildman–Crippen LogP) is 4.62. The van der Waals surface area contributed by atoms with Gasteiger partial charge < -0.3 is 0 Å². The van der Waals surface area contributed by atoms with Gasteiger partial charge in [-0.15, -0.1) is 0 Å². The Morgan fingerprint density at radius 3 is 2.62 bits per heavy atom. The van der Waals surface area contributed by atoms with Crippen molar-refractivity contribution >= 4 is 0 Å². The first-order valence-corrected chi connectivity index (χ1v) is 5.62. The van der Waals surface area contributed by atoms with Crippen LogP contribution in [-0.2, 0) is 0 Å². The highest BCUT2D eigenvalue weighted by atomic mass is 14.2. The summed E-state index contributed by atoms with van der Waals surface area (Å²) in [6, 6.07) is 0. The van der Waals surface area contributed by atoms with Gasteiger partial charge in [0.1, 0.15) is 0 Å². The molecule has 0 aromatic heterocycles. The molecule has 13 heavy (non-hydrogen) atoms. The second kappa shape index (κ2) is 5.26. The molecule has 74 valence electrons. The fourth-order valence-corrected chi connectivity index (χ4v) is 2.08. The normalized spacial score (nSPS) is 21.8. The molecule has 1 rings (SSSR count). The summed E-state index contributed by atoms with van der Waals surface area (Å²) in [4.78, 5) is 0. The monoisotopic (exact) mass is 178 g/mol. The molecule has 1 saturated carbocycles. The van der Waals surface area contributed by atoms with Crippen LogP contribution in [0.3, 0.4) is 0 Å². The van der Waals surface area contributed by atoms with Gasteiger partial charge in [0, 0.05) is 0 Å². The predicted molar refractivity (Wildman–Crippen MR) is 59.8 cm³/mol. The zero-order valence-electron chi connectivity index (χ0n) is 9.16. The molecule has 0 heteroatoms. The van der Waals surface area contributed by atoms with E-state index in [0.29, 0.717) is 0 Å². The number of rotatable bonds is 3. The standard InChI is InChI=1S/C13H22/c1-4-5-8-11(2)13-10-7-6-9-12(13)3/h3-10H2,1-2H3/b13-11+. The van der Waals surface area contributed by atoms with Crippen LogP contribution >= 0.6 is 0 Å². The Labute approximate surface area is 82.7 Å². The van der Waals surface area contributed by atoms with Gasteiger partial charge in [0.25, 0.3) is 0 Å². The van der Waals surface area contributed by atoms with E-state index in [1.165, 1.54) is 50.5 Å².